The fourth-order valence-electron chi connectivity index (χ4n) is 2.61. The van der Waals surface area contributed by atoms with Gasteiger partial charge in [0.15, 0.2) is 17.3 Å². The average Bonchev–Trinajstić information content (AvgIpc) is 3.04. The van der Waals surface area contributed by atoms with E-state index in [1.165, 1.54) is 20.2 Å². The summed E-state index contributed by atoms with van der Waals surface area (Å²) in [7, 11) is 1.76. The zero-order valence-electron chi connectivity index (χ0n) is 17.4. The van der Waals surface area contributed by atoms with Crippen LogP contribution in [-0.4, -0.2) is 79.8 Å². The van der Waals surface area contributed by atoms with Crippen molar-refractivity contribution in [3.63, 3.8) is 0 Å². The number of aliphatic hydroxyl groups is 2. The van der Waals surface area contributed by atoms with Crippen LogP contribution >= 0.6 is 0 Å². The van der Waals surface area contributed by atoms with Gasteiger partial charge >= 0.3 is 0 Å². The zero-order chi connectivity index (χ0) is 21.2. The lowest BCUT2D eigenvalue weighted by Gasteiger charge is -2.25. The Morgan fingerprint density at radius 2 is 1.96 bits per heavy atom. The first kappa shape index (κ1) is 24.2. The van der Waals surface area contributed by atoms with Gasteiger partial charge in [-0.2, -0.15) is 0 Å². The fraction of sp³-hybridized carbons (Fsp3) is 0.722. The normalized spacial score (nSPS) is 12.9. The van der Waals surface area contributed by atoms with Crippen LogP contribution < -0.4 is 11.5 Å². The minimum atomic E-state index is -1.50. The summed E-state index contributed by atoms with van der Waals surface area (Å²) in [6, 6.07) is 0. The molecule has 10 heteroatoms. The molecule has 28 heavy (non-hydrogen) atoms. The lowest BCUT2D eigenvalue weighted by molar-refractivity contribution is -0.127. The van der Waals surface area contributed by atoms with E-state index in [4.69, 9.17) is 26.4 Å². The van der Waals surface area contributed by atoms with Crippen molar-refractivity contribution >= 4 is 17.0 Å². The molecule has 0 aliphatic heterocycles. The molecule has 0 saturated carbocycles. The van der Waals surface area contributed by atoms with Gasteiger partial charge in [0.1, 0.15) is 11.8 Å². The second-order valence-electron chi connectivity index (χ2n) is 7.05. The third-order valence-corrected chi connectivity index (χ3v) is 4.04. The minimum Gasteiger partial charge on any atom is -0.382 e. The summed E-state index contributed by atoms with van der Waals surface area (Å²) in [4.78, 5) is 14.9. The number of imidazole rings is 1. The van der Waals surface area contributed by atoms with E-state index in [0.29, 0.717) is 11.3 Å². The maximum Gasteiger partial charge on any atom is 0.165 e. The van der Waals surface area contributed by atoms with Gasteiger partial charge in [0.05, 0.1) is 12.4 Å². The van der Waals surface area contributed by atoms with Gasteiger partial charge in [-0.1, -0.05) is 6.92 Å². The van der Waals surface area contributed by atoms with E-state index in [-0.39, 0.29) is 6.10 Å². The topological polar surface area (TPSA) is 149 Å². The number of aromatic nitrogens is 4. The molecule has 2 aromatic rings. The molecule has 0 radical (unpaired) electrons. The average molecular weight is 398 g/mol. The molecule has 0 aliphatic rings. The minimum absolute atomic E-state index is 0.157. The van der Waals surface area contributed by atoms with Crippen LogP contribution in [0.4, 0.5) is 5.82 Å². The zero-order valence-corrected chi connectivity index (χ0v) is 17.4. The smallest absolute Gasteiger partial charge is 0.165 e. The number of likely N-dealkylation sites (N-methyl/N-ethyl adjacent to an activating group) is 1. The Morgan fingerprint density at radius 1 is 1.29 bits per heavy atom. The molecule has 160 valence electrons. The largest absolute Gasteiger partial charge is 0.382 e. The highest BCUT2D eigenvalue weighted by Crippen LogP contribution is 2.15. The molecule has 2 rings (SSSR count). The Balaban J connectivity index is 0.000000696. The summed E-state index contributed by atoms with van der Waals surface area (Å²) in [5, 5.41) is 16.2. The first-order valence-electron chi connectivity index (χ1n) is 9.50. The molecule has 1 unspecified atom stereocenters. The van der Waals surface area contributed by atoms with Crippen molar-refractivity contribution in [1.29, 1.82) is 0 Å². The molecule has 0 aliphatic carbocycles. The van der Waals surface area contributed by atoms with Gasteiger partial charge in [0.2, 0.25) is 0 Å². The molecular formula is C18H35N7O3. The number of anilines is 1. The number of nitrogens with two attached hydrogens (primary N) is 2. The van der Waals surface area contributed by atoms with Crippen molar-refractivity contribution in [3.8, 4) is 0 Å². The van der Waals surface area contributed by atoms with Gasteiger partial charge in [-0.05, 0) is 46.3 Å². The van der Waals surface area contributed by atoms with Crippen LogP contribution in [-0.2, 0) is 11.3 Å². The Labute approximate surface area is 166 Å². The highest BCUT2D eigenvalue weighted by Gasteiger charge is 2.14. The number of nitrogen functional groups attached to an aromatic ring is 1. The molecule has 0 fully saturated rings. The summed E-state index contributed by atoms with van der Waals surface area (Å²) in [5.74, 6) is -1.09. The predicted molar refractivity (Wildman–Crippen MR) is 109 cm³/mol. The number of hydrogen-bond acceptors (Lipinski definition) is 9. The molecule has 2 heterocycles. The molecule has 0 aromatic carbocycles. The molecule has 0 bridgehead atoms. The van der Waals surface area contributed by atoms with E-state index in [2.05, 4.69) is 26.8 Å². The van der Waals surface area contributed by atoms with Crippen LogP contribution in [0.25, 0.3) is 11.2 Å². The van der Waals surface area contributed by atoms with Gasteiger partial charge in [0.25, 0.3) is 0 Å². The van der Waals surface area contributed by atoms with Crippen LogP contribution in [0.5, 0.6) is 0 Å². The molecule has 2 aromatic heterocycles. The highest BCUT2D eigenvalue weighted by molar-refractivity contribution is 5.80. The number of methoxy groups -OCH3 is 1. The molecule has 10 nitrogen and oxygen atoms in total. The molecule has 0 amide bonds. The summed E-state index contributed by atoms with van der Waals surface area (Å²) in [6.07, 6.45) is 5.27. The van der Waals surface area contributed by atoms with Gasteiger partial charge in [0, 0.05) is 20.2 Å². The Bertz CT molecular complexity index is 681. The SMILES string of the molecule is CC(C)(O)O.CCN(CCCN)CC(CCn1cnc2c(N)ncnc21)OC. The standard InChI is InChI=1S/C15H27N7O.C3H8O2/c1-3-21(7-4-6-16)9-12(23-2)5-8-22-11-20-13-14(17)18-10-19-15(13)22;1-3(2,4)5/h10-12H,3-9,16H2,1-2H3,(H2,17,18,19);4-5H,1-2H3. The van der Waals surface area contributed by atoms with Crippen LogP contribution in [0.1, 0.15) is 33.6 Å². The van der Waals surface area contributed by atoms with Crippen molar-refractivity contribution in [1.82, 2.24) is 24.4 Å². The molecule has 0 spiro atoms. The lowest BCUT2D eigenvalue weighted by Crippen LogP contribution is -2.35. The summed E-state index contributed by atoms with van der Waals surface area (Å²) < 4.78 is 7.63. The van der Waals surface area contributed by atoms with Crippen LogP contribution in [0.3, 0.4) is 0 Å². The van der Waals surface area contributed by atoms with E-state index in [1.807, 2.05) is 4.57 Å². The number of rotatable bonds is 10. The maximum atomic E-state index is 8.08. The van der Waals surface area contributed by atoms with E-state index in [9.17, 15) is 0 Å². The second-order valence-corrected chi connectivity index (χ2v) is 7.05. The monoisotopic (exact) mass is 397 g/mol. The van der Waals surface area contributed by atoms with Crippen molar-refractivity contribution in [2.24, 2.45) is 5.73 Å². The van der Waals surface area contributed by atoms with E-state index >= 15 is 0 Å². The first-order valence-corrected chi connectivity index (χ1v) is 9.50. The van der Waals surface area contributed by atoms with E-state index in [1.54, 1.807) is 13.4 Å². The van der Waals surface area contributed by atoms with Gasteiger partial charge in [-0.25, -0.2) is 15.0 Å². The summed E-state index contributed by atoms with van der Waals surface area (Å²) in [5.41, 5.74) is 12.8. The Hall–Kier alpha value is -1.85. The number of aryl methyl sites for hydroxylation is 1. The molecule has 1 atom stereocenters. The van der Waals surface area contributed by atoms with Crippen molar-refractivity contribution in [2.75, 3.05) is 39.0 Å². The second kappa shape index (κ2) is 11.9. The van der Waals surface area contributed by atoms with E-state index in [0.717, 1.165) is 51.2 Å². The summed E-state index contributed by atoms with van der Waals surface area (Å²) >= 11 is 0. The predicted octanol–water partition coefficient (Wildman–Crippen LogP) is 0.191. The van der Waals surface area contributed by atoms with Crippen molar-refractivity contribution in [2.45, 2.75) is 52.0 Å². The molecular weight excluding hydrogens is 362 g/mol. The van der Waals surface area contributed by atoms with Crippen molar-refractivity contribution < 1.29 is 14.9 Å². The van der Waals surface area contributed by atoms with Crippen LogP contribution in [0.15, 0.2) is 12.7 Å². The van der Waals surface area contributed by atoms with Crippen LogP contribution in [0.2, 0.25) is 0 Å². The van der Waals surface area contributed by atoms with Gasteiger partial charge in [-0.15, -0.1) is 0 Å². The first-order chi connectivity index (χ1) is 13.2. The Kier molecular flexibility index (Phi) is 10.3. The third-order valence-electron chi connectivity index (χ3n) is 4.04. The molecule has 0 saturated heterocycles. The number of hydrogen-bond donors (Lipinski definition) is 4. The van der Waals surface area contributed by atoms with Crippen LogP contribution in [0, 0.1) is 0 Å². The number of fused-ring (bicyclic) bond motifs is 1. The number of nitrogens with zero attached hydrogens (tertiary/aromatic N) is 5. The summed E-state index contributed by atoms with van der Waals surface area (Å²) in [6.45, 7) is 9.15. The van der Waals surface area contributed by atoms with E-state index < -0.39 is 5.79 Å². The molecule has 6 N–H and O–H groups in total. The maximum absolute atomic E-state index is 8.08. The highest BCUT2D eigenvalue weighted by atomic mass is 16.5. The Morgan fingerprint density at radius 3 is 2.54 bits per heavy atom. The third kappa shape index (κ3) is 8.89. The van der Waals surface area contributed by atoms with Gasteiger partial charge < -0.3 is 35.9 Å². The quantitative estimate of drug-likeness (QED) is 0.412. The number of ether oxygens (including phenoxy) is 1. The van der Waals surface area contributed by atoms with Crippen molar-refractivity contribution in [3.05, 3.63) is 12.7 Å². The van der Waals surface area contributed by atoms with Gasteiger partial charge in [-0.3, -0.25) is 0 Å². The fourth-order valence-corrected chi connectivity index (χ4v) is 2.61. The lowest BCUT2D eigenvalue weighted by atomic mass is 10.2.